The molecular formula is C24H25ClN4O5S. The molecule has 35 heavy (non-hydrogen) atoms. The minimum atomic E-state index is -3.22. The molecule has 0 radical (unpaired) electrons. The normalized spacial score (nSPS) is 15.9. The number of carbonyl (C=O) groups is 2. The first kappa shape index (κ1) is 24.9. The van der Waals surface area contributed by atoms with E-state index in [0.29, 0.717) is 29.0 Å². The van der Waals surface area contributed by atoms with Gasteiger partial charge in [-0.05, 0) is 42.3 Å². The van der Waals surface area contributed by atoms with E-state index < -0.39 is 26.6 Å². The van der Waals surface area contributed by atoms with Crippen LogP contribution in [-0.4, -0.2) is 59.3 Å². The highest BCUT2D eigenvalue weighted by atomic mass is 35.5. The van der Waals surface area contributed by atoms with Crippen molar-refractivity contribution in [3.63, 3.8) is 0 Å². The summed E-state index contributed by atoms with van der Waals surface area (Å²) < 4.78 is 24.9. The summed E-state index contributed by atoms with van der Waals surface area (Å²) in [6.07, 6.45) is 3.10. The summed E-state index contributed by atoms with van der Waals surface area (Å²) in [4.78, 5) is 44.6. The molecular weight excluding hydrogens is 492 g/mol. The number of hydrogen-bond donors (Lipinski definition) is 1. The number of rotatable bonds is 7. The highest BCUT2D eigenvalue weighted by Crippen LogP contribution is 2.18. The van der Waals surface area contributed by atoms with Crippen molar-refractivity contribution in [2.24, 2.45) is 0 Å². The van der Waals surface area contributed by atoms with E-state index in [1.165, 1.54) is 28.0 Å². The van der Waals surface area contributed by atoms with E-state index >= 15 is 0 Å². The number of fused-ring (bicyclic) bond motifs is 1. The van der Waals surface area contributed by atoms with E-state index in [-0.39, 0.29) is 37.5 Å². The number of halogens is 1. The van der Waals surface area contributed by atoms with Gasteiger partial charge in [0.1, 0.15) is 11.2 Å². The van der Waals surface area contributed by atoms with Gasteiger partial charge in [-0.3, -0.25) is 19.0 Å². The Labute approximate surface area is 207 Å². The van der Waals surface area contributed by atoms with Gasteiger partial charge in [-0.2, -0.15) is 0 Å². The number of carbonyl (C=O) groups excluding carboxylic acids is 2. The van der Waals surface area contributed by atoms with Crippen molar-refractivity contribution in [3.8, 4) is 0 Å². The second kappa shape index (κ2) is 10.2. The standard InChI is InChI=1S/C24H25ClN4O5S/c1-35(33,34)19-8-11-28(15-19)21(30)9-12-29-22-17(3-2-10-26-22)13-20(24(29)32)23(31)27-14-16-4-6-18(25)7-5-16/h2-7,10,13,19H,8-9,11-12,14-15H2,1H3,(H,27,31). The molecule has 1 N–H and O–H groups in total. The fraction of sp³-hybridized carbons (Fsp3) is 0.333. The minimum Gasteiger partial charge on any atom is -0.348 e. The highest BCUT2D eigenvalue weighted by Gasteiger charge is 2.32. The molecule has 0 aliphatic carbocycles. The summed E-state index contributed by atoms with van der Waals surface area (Å²) in [6, 6.07) is 11.9. The van der Waals surface area contributed by atoms with Crippen LogP contribution in [0.25, 0.3) is 11.0 Å². The van der Waals surface area contributed by atoms with Crippen molar-refractivity contribution in [2.45, 2.75) is 31.2 Å². The van der Waals surface area contributed by atoms with Gasteiger partial charge in [0, 0.05) is 55.5 Å². The van der Waals surface area contributed by atoms with E-state index in [2.05, 4.69) is 10.3 Å². The molecule has 1 saturated heterocycles. The molecule has 0 saturated carbocycles. The Bertz CT molecular complexity index is 1440. The summed E-state index contributed by atoms with van der Waals surface area (Å²) in [7, 11) is -3.22. The van der Waals surface area contributed by atoms with Crippen LogP contribution in [0.3, 0.4) is 0 Å². The van der Waals surface area contributed by atoms with E-state index in [4.69, 9.17) is 11.6 Å². The lowest BCUT2D eigenvalue weighted by Gasteiger charge is -2.17. The fourth-order valence-electron chi connectivity index (χ4n) is 4.13. The number of aromatic nitrogens is 2. The molecule has 1 fully saturated rings. The lowest BCUT2D eigenvalue weighted by molar-refractivity contribution is -0.130. The number of sulfone groups is 1. The minimum absolute atomic E-state index is 0.0160. The Morgan fingerprint density at radius 3 is 2.63 bits per heavy atom. The summed E-state index contributed by atoms with van der Waals surface area (Å²) in [5, 5.41) is 3.36. The van der Waals surface area contributed by atoms with Crippen molar-refractivity contribution in [2.75, 3.05) is 19.3 Å². The molecule has 3 heterocycles. The van der Waals surface area contributed by atoms with Crippen molar-refractivity contribution in [3.05, 3.63) is 75.2 Å². The highest BCUT2D eigenvalue weighted by molar-refractivity contribution is 7.91. The Kier molecular flexibility index (Phi) is 7.23. The maximum atomic E-state index is 13.2. The summed E-state index contributed by atoms with van der Waals surface area (Å²) in [5.41, 5.74) is 0.599. The van der Waals surface area contributed by atoms with Crippen LogP contribution < -0.4 is 10.9 Å². The molecule has 0 bridgehead atoms. The van der Waals surface area contributed by atoms with Crippen molar-refractivity contribution in [1.29, 1.82) is 0 Å². The van der Waals surface area contributed by atoms with Gasteiger partial charge in [0.25, 0.3) is 11.5 Å². The van der Waals surface area contributed by atoms with Gasteiger partial charge in [0.05, 0.1) is 5.25 Å². The topological polar surface area (TPSA) is 118 Å². The molecule has 2 amide bonds. The van der Waals surface area contributed by atoms with Crippen molar-refractivity contribution in [1.82, 2.24) is 19.8 Å². The fourth-order valence-corrected chi connectivity index (χ4v) is 5.24. The van der Waals surface area contributed by atoms with Gasteiger partial charge in [-0.1, -0.05) is 23.7 Å². The van der Waals surface area contributed by atoms with Gasteiger partial charge in [-0.25, -0.2) is 13.4 Å². The van der Waals surface area contributed by atoms with Crippen LogP contribution in [0.5, 0.6) is 0 Å². The molecule has 0 spiro atoms. The summed E-state index contributed by atoms with van der Waals surface area (Å²) in [5.74, 6) is -0.781. The number of aryl methyl sites for hydroxylation is 1. The summed E-state index contributed by atoms with van der Waals surface area (Å²) >= 11 is 5.89. The maximum Gasteiger partial charge on any atom is 0.265 e. The number of benzene rings is 1. The monoisotopic (exact) mass is 516 g/mol. The first-order valence-electron chi connectivity index (χ1n) is 11.1. The number of hydrogen-bond acceptors (Lipinski definition) is 6. The first-order valence-corrected chi connectivity index (χ1v) is 13.4. The van der Waals surface area contributed by atoms with Crippen molar-refractivity contribution < 1.29 is 18.0 Å². The Balaban J connectivity index is 1.53. The summed E-state index contributed by atoms with van der Waals surface area (Å²) in [6.45, 7) is 0.745. The van der Waals surface area contributed by atoms with Gasteiger partial charge in [0.15, 0.2) is 9.84 Å². The number of pyridine rings is 2. The molecule has 184 valence electrons. The molecule has 2 aromatic heterocycles. The van der Waals surface area contributed by atoms with Crippen LogP contribution in [0.2, 0.25) is 5.02 Å². The second-order valence-corrected chi connectivity index (χ2v) is 11.3. The van der Waals surface area contributed by atoms with Crippen LogP contribution >= 0.6 is 11.6 Å². The molecule has 9 nitrogen and oxygen atoms in total. The SMILES string of the molecule is CS(=O)(=O)C1CCN(C(=O)CCn2c(=O)c(C(=O)NCc3ccc(Cl)cc3)cc3cccnc32)C1. The number of nitrogens with zero attached hydrogens (tertiary/aromatic N) is 3. The lowest BCUT2D eigenvalue weighted by atomic mass is 10.1. The first-order chi connectivity index (χ1) is 16.6. The number of nitrogens with one attached hydrogen (secondary N) is 1. The van der Waals surface area contributed by atoms with Gasteiger partial charge in [-0.15, -0.1) is 0 Å². The van der Waals surface area contributed by atoms with Crippen LogP contribution in [0, 0.1) is 0 Å². The predicted molar refractivity (Wildman–Crippen MR) is 133 cm³/mol. The Hall–Kier alpha value is -3.24. The van der Waals surface area contributed by atoms with Crippen LogP contribution in [0.1, 0.15) is 28.8 Å². The molecule has 1 aromatic carbocycles. The zero-order chi connectivity index (χ0) is 25.2. The van der Waals surface area contributed by atoms with E-state index in [1.807, 2.05) is 0 Å². The zero-order valence-corrected chi connectivity index (χ0v) is 20.7. The van der Waals surface area contributed by atoms with E-state index in [0.717, 1.165) is 5.56 Å². The van der Waals surface area contributed by atoms with E-state index in [1.54, 1.807) is 36.4 Å². The van der Waals surface area contributed by atoms with Crippen molar-refractivity contribution >= 4 is 44.3 Å². The molecule has 1 unspecified atom stereocenters. The predicted octanol–water partition coefficient (Wildman–Crippen LogP) is 2.02. The quantitative estimate of drug-likeness (QED) is 0.513. The third-order valence-corrected chi connectivity index (χ3v) is 7.96. The molecule has 1 aliphatic heterocycles. The molecule has 1 atom stereocenters. The average Bonchev–Trinajstić information content (AvgIpc) is 3.34. The molecule has 4 rings (SSSR count). The number of likely N-dealkylation sites (tertiary alicyclic amines) is 1. The molecule has 11 heteroatoms. The lowest BCUT2D eigenvalue weighted by Crippen LogP contribution is -2.35. The average molecular weight is 517 g/mol. The third-order valence-electron chi connectivity index (χ3n) is 6.11. The van der Waals surface area contributed by atoms with Crippen LogP contribution in [0.15, 0.2) is 53.5 Å². The molecule has 1 aliphatic rings. The zero-order valence-electron chi connectivity index (χ0n) is 19.1. The van der Waals surface area contributed by atoms with Crippen LogP contribution in [0.4, 0.5) is 0 Å². The van der Waals surface area contributed by atoms with Gasteiger partial charge < -0.3 is 10.2 Å². The Morgan fingerprint density at radius 2 is 1.94 bits per heavy atom. The maximum absolute atomic E-state index is 13.2. The smallest absolute Gasteiger partial charge is 0.265 e. The second-order valence-electron chi connectivity index (χ2n) is 8.57. The van der Waals surface area contributed by atoms with Gasteiger partial charge >= 0.3 is 0 Å². The molecule has 3 aromatic rings. The van der Waals surface area contributed by atoms with Gasteiger partial charge in [0.2, 0.25) is 5.91 Å². The van der Waals surface area contributed by atoms with E-state index in [9.17, 15) is 22.8 Å². The Morgan fingerprint density at radius 1 is 1.20 bits per heavy atom. The number of amides is 2. The third kappa shape index (κ3) is 5.71. The largest absolute Gasteiger partial charge is 0.348 e. The van der Waals surface area contributed by atoms with Crippen LogP contribution in [-0.2, 0) is 27.7 Å².